The van der Waals surface area contributed by atoms with Gasteiger partial charge in [0, 0.05) is 0 Å². The number of carbonyl (C=O) groups is 1. The quantitative estimate of drug-likeness (QED) is 0.769. The molecule has 1 aromatic heterocycles. The highest BCUT2D eigenvalue weighted by atomic mass is 16.5. The number of nitrogens with zero attached hydrogens (tertiary/aromatic N) is 3. The number of hydrogen-bond acceptors (Lipinski definition) is 4. The molecule has 1 aromatic carbocycles. The monoisotopic (exact) mass is 245 g/mol. The van der Waals surface area contributed by atoms with E-state index >= 15 is 0 Å². The van der Waals surface area contributed by atoms with Crippen LogP contribution in [0, 0.1) is 0 Å². The number of ether oxygens (including phenoxy) is 1. The summed E-state index contributed by atoms with van der Waals surface area (Å²) in [6, 6.07) is 8.29. The molecule has 0 aliphatic heterocycles. The first-order chi connectivity index (χ1) is 8.72. The normalized spacial score (nSPS) is 10.3. The molecule has 0 unspecified atom stereocenters. The van der Waals surface area contributed by atoms with Crippen molar-refractivity contribution in [1.82, 2.24) is 15.0 Å². The fourth-order valence-corrected chi connectivity index (χ4v) is 1.64. The number of hydrogen-bond donors (Lipinski definition) is 0. The lowest BCUT2D eigenvalue weighted by atomic mass is 10.1. The predicted octanol–water partition coefficient (Wildman–Crippen LogP) is 1.68. The van der Waals surface area contributed by atoms with Gasteiger partial charge in [0.1, 0.15) is 0 Å². The second-order valence-corrected chi connectivity index (χ2v) is 3.96. The lowest BCUT2D eigenvalue weighted by Crippen LogP contribution is -2.02. The number of rotatable bonds is 4. The van der Waals surface area contributed by atoms with E-state index in [-0.39, 0.29) is 5.69 Å². The van der Waals surface area contributed by atoms with Gasteiger partial charge < -0.3 is 4.74 Å². The molecule has 0 atom stereocenters. The van der Waals surface area contributed by atoms with Crippen LogP contribution in [0.3, 0.4) is 0 Å². The Morgan fingerprint density at radius 2 is 1.94 bits per heavy atom. The van der Waals surface area contributed by atoms with Crippen molar-refractivity contribution in [3.8, 4) is 0 Å². The van der Waals surface area contributed by atoms with E-state index in [2.05, 4.69) is 46.2 Å². The summed E-state index contributed by atoms with van der Waals surface area (Å²) in [4.78, 5) is 11.2. The van der Waals surface area contributed by atoms with Crippen LogP contribution in [0.5, 0.6) is 0 Å². The molecule has 5 nitrogen and oxygen atoms in total. The average molecular weight is 245 g/mol. The maximum atomic E-state index is 11.2. The molecule has 0 fully saturated rings. The van der Waals surface area contributed by atoms with E-state index in [1.54, 1.807) is 10.9 Å². The third kappa shape index (κ3) is 2.74. The second kappa shape index (κ2) is 5.44. The summed E-state index contributed by atoms with van der Waals surface area (Å²) in [7, 11) is 1.32. The Labute approximate surface area is 105 Å². The predicted molar refractivity (Wildman–Crippen MR) is 66.3 cm³/mol. The smallest absolute Gasteiger partial charge is 0.360 e. The number of carbonyl (C=O) groups excluding carboxylic acids is 1. The van der Waals surface area contributed by atoms with Crippen LogP contribution in [0.1, 0.15) is 28.5 Å². The van der Waals surface area contributed by atoms with E-state index in [0.29, 0.717) is 6.54 Å². The molecule has 1 heterocycles. The van der Waals surface area contributed by atoms with Gasteiger partial charge in [-0.2, -0.15) is 0 Å². The van der Waals surface area contributed by atoms with Crippen molar-refractivity contribution < 1.29 is 9.53 Å². The topological polar surface area (TPSA) is 57.0 Å². The molecule has 0 aliphatic rings. The summed E-state index contributed by atoms with van der Waals surface area (Å²) in [6.45, 7) is 2.71. The minimum absolute atomic E-state index is 0.225. The Morgan fingerprint density at radius 1 is 1.28 bits per heavy atom. The second-order valence-electron chi connectivity index (χ2n) is 3.96. The lowest BCUT2D eigenvalue weighted by Gasteiger charge is -2.02. The fraction of sp³-hybridized carbons (Fsp3) is 0.308. The van der Waals surface area contributed by atoms with E-state index in [0.717, 1.165) is 12.0 Å². The van der Waals surface area contributed by atoms with Crippen molar-refractivity contribution in [3.05, 3.63) is 47.3 Å². The molecule has 0 bridgehead atoms. The molecule has 0 aliphatic carbocycles. The van der Waals surface area contributed by atoms with Gasteiger partial charge in [-0.05, 0) is 17.5 Å². The standard InChI is InChI=1S/C13H15N3O2/c1-3-10-4-6-11(7-5-10)8-16-9-12(14-15-16)13(17)18-2/h4-7,9H,3,8H2,1-2H3. The maximum Gasteiger partial charge on any atom is 0.360 e. The first kappa shape index (κ1) is 12.3. The number of benzene rings is 1. The number of aryl methyl sites for hydroxylation is 1. The number of methoxy groups -OCH3 is 1. The molecule has 18 heavy (non-hydrogen) atoms. The molecular formula is C13H15N3O2. The number of esters is 1. The Morgan fingerprint density at radius 3 is 2.56 bits per heavy atom. The van der Waals surface area contributed by atoms with E-state index in [9.17, 15) is 4.79 Å². The molecule has 0 radical (unpaired) electrons. The molecular weight excluding hydrogens is 230 g/mol. The van der Waals surface area contributed by atoms with Crippen LogP contribution in [0.4, 0.5) is 0 Å². The molecule has 0 amide bonds. The molecule has 0 saturated heterocycles. The summed E-state index contributed by atoms with van der Waals surface area (Å²) >= 11 is 0. The van der Waals surface area contributed by atoms with E-state index in [1.807, 2.05) is 0 Å². The van der Waals surface area contributed by atoms with Gasteiger partial charge in [0.15, 0.2) is 5.69 Å². The number of aromatic nitrogens is 3. The van der Waals surface area contributed by atoms with Crippen molar-refractivity contribution in [2.75, 3.05) is 7.11 Å². The van der Waals surface area contributed by atoms with Crippen LogP contribution in [0.2, 0.25) is 0 Å². The summed E-state index contributed by atoms with van der Waals surface area (Å²) in [5.41, 5.74) is 2.64. The van der Waals surface area contributed by atoms with Gasteiger partial charge in [-0.15, -0.1) is 5.10 Å². The van der Waals surface area contributed by atoms with E-state index < -0.39 is 5.97 Å². The first-order valence-electron chi connectivity index (χ1n) is 5.79. The largest absolute Gasteiger partial charge is 0.464 e. The van der Waals surface area contributed by atoms with Crippen LogP contribution >= 0.6 is 0 Å². The minimum atomic E-state index is -0.470. The van der Waals surface area contributed by atoms with Gasteiger partial charge in [0.25, 0.3) is 0 Å². The van der Waals surface area contributed by atoms with Crippen LogP contribution in [0.15, 0.2) is 30.5 Å². The van der Waals surface area contributed by atoms with Crippen LogP contribution in [0.25, 0.3) is 0 Å². The zero-order chi connectivity index (χ0) is 13.0. The molecule has 0 N–H and O–H groups in total. The molecule has 0 spiro atoms. The summed E-state index contributed by atoms with van der Waals surface area (Å²) in [6.07, 6.45) is 2.61. The lowest BCUT2D eigenvalue weighted by molar-refractivity contribution is 0.0594. The Hall–Kier alpha value is -2.17. The summed E-state index contributed by atoms with van der Waals surface area (Å²) in [5, 5.41) is 7.64. The Bertz CT molecular complexity index is 531. The van der Waals surface area contributed by atoms with Gasteiger partial charge in [-0.25, -0.2) is 9.48 Å². The van der Waals surface area contributed by atoms with Crippen molar-refractivity contribution in [2.24, 2.45) is 0 Å². The van der Waals surface area contributed by atoms with Crippen molar-refractivity contribution in [2.45, 2.75) is 19.9 Å². The van der Waals surface area contributed by atoms with Crippen LogP contribution in [-0.4, -0.2) is 28.1 Å². The van der Waals surface area contributed by atoms with Crippen molar-refractivity contribution >= 4 is 5.97 Å². The van der Waals surface area contributed by atoms with Gasteiger partial charge in [0.2, 0.25) is 0 Å². The minimum Gasteiger partial charge on any atom is -0.464 e. The van der Waals surface area contributed by atoms with Gasteiger partial charge >= 0.3 is 5.97 Å². The SMILES string of the molecule is CCc1ccc(Cn2cc(C(=O)OC)nn2)cc1. The first-order valence-corrected chi connectivity index (χ1v) is 5.79. The third-order valence-electron chi connectivity index (χ3n) is 2.71. The molecule has 5 heteroatoms. The van der Waals surface area contributed by atoms with Gasteiger partial charge in [-0.3, -0.25) is 0 Å². The van der Waals surface area contributed by atoms with E-state index in [1.165, 1.54) is 12.7 Å². The molecule has 2 rings (SSSR count). The fourth-order valence-electron chi connectivity index (χ4n) is 1.64. The molecule has 94 valence electrons. The van der Waals surface area contributed by atoms with Crippen LogP contribution < -0.4 is 0 Å². The highest BCUT2D eigenvalue weighted by Gasteiger charge is 2.10. The van der Waals surface area contributed by atoms with Crippen LogP contribution in [-0.2, 0) is 17.7 Å². The van der Waals surface area contributed by atoms with Gasteiger partial charge in [-0.1, -0.05) is 36.4 Å². The Kier molecular flexibility index (Phi) is 3.72. The highest BCUT2D eigenvalue weighted by molar-refractivity contribution is 5.86. The van der Waals surface area contributed by atoms with Crippen molar-refractivity contribution in [3.63, 3.8) is 0 Å². The maximum absolute atomic E-state index is 11.2. The zero-order valence-electron chi connectivity index (χ0n) is 10.5. The zero-order valence-corrected chi connectivity index (χ0v) is 10.5. The van der Waals surface area contributed by atoms with Gasteiger partial charge in [0.05, 0.1) is 19.9 Å². The highest BCUT2D eigenvalue weighted by Crippen LogP contribution is 2.07. The third-order valence-corrected chi connectivity index (χ3v) is 2.71. The van der Waals surface area contributed by atoms with Crippen molar-refractivity contribution in [1.29, 1.82) is 0 Å². The van der Waals surface area contributed by atoms with E-state index in [4.69, 9.17) is 0 Å². The average Bonchev–Trinajstić information content (AvgIpc) is 2.87. The Balaban J connectivity index is 2.08. The summed E-state index contributed by atoms with van der Waals surface area (Å²) in [5.74, 6) is -0.470. The molecule has 0 saturated carbocycles. The summed E-state index contributed by atoms with van der Waals surface area (Å²) < 4.78 is 6.19. The molecule has 2 aromatic rings.